The van der Waals surface area contributed by atoms with Crippen molar-refractivity contribution in [1.29, 1.82) is 5.26 Å². The quantitative estimate of drug-likeness (QED) is 0.373. The van der Waals surface area contributed by atoms with E-state index in [1.165, 1.54) is 17.0 Å². The molecule has 1 unspecified atom stereocenters. The Morgan fingerprint density at radius 2 is 1.79 bits per heavy atom. The van der Waals surface area contributed by atoms with E-state index in [-0.39, 0.29) is 34.7 Å². The number of allylic oxidation sites excluding steroid dienone is 1. The van der Waals surface area contributed by atoms with E-state index in [4.69, 9.17) is 9.73 Å². The highest BCUT2D eigenvalue weighted by molar-refractivity contribution is 8.14. The van der Waals surface area contributed by atoms with Crippen LogP contribution in [-0.4, -0.2) is 47.4 Å². The molecule has 2 aromatic rings. The number of nitrogens with zero attached hydrogens (tertiary/aromatic N) is 4. The fraction of sp³-hybridized carbons (Fsp3) is 0.357. The maximum absolute atomic E-state index is 13.6. The third-order valence-electron chi connectivity index (χ3n) is 6.15. The number of amides is 1. The number of carbonyl (C=O) groups is 2. The molecule has 0 aromatic heterocycles. The van der Waals surface area contributed by atoms with Crippen molar-refractivity contribution in [3.63, 3.8) is 0 Å². The number of anilines is 1. The minimum absolute atomic E-state index is 0.00190. The number of nitriles is 1. The van der Waals surface area contributed by atoms with Gasteiger partial charge in [0.15, 0.2) is 5.17 Å². The normalized spacial score (nSPS) is 15.5. The Kier molecular flexibility index (Phi) is 9.81. The Bertz CT molecular complexity index is 1310. The fourth-order valence-electron chi connectivity index (χ4n) is 4.16. The Hall–Kier alpha value is -3.78. The topological polar surface area (TPSA) is 86.0 Å². The van der Waals surface area contributed by atoms with Crippen LogP contribution in [0.2, 0.25) is 0 Å². The Balaban J connectivity index is 2.19. The number of ether oxygens (including phenoxy) is 1. The SMILES string of the molecule is CCOC(=O)C1=C(C)N(c2cccc(C(F)(F)F)c2)C(SCC(=O)N(CC)CC)=NC1c1ccc(C#N)cc1. The maximum atomic E-state index is 13.6. The first kappa shape index (κ1) is 29.8. The number of esters is 1. The molecule has 0 aliphatic carbocycles. The first-order valence-electron chi connectivity index (χ1n) is 12.4. The highest BCUT2D eigenvalue weighted by Crippen LogP contribution is 2.40. The van der Waals surface area contributed by atoms with E-state index in [1.54, 1.807) is 43.0 Å². The molecule has 7 nitrogen and oxygen atoms in total. The predicted molar refractivity (Wildman–Crippen MR) is 145 cm³/mol. The van der Waals surface area contributed by atoms with Gasteiger partial charge < -0.3 is 9.64 Å². The monoisotopic (exact) mass is 558 g/mol. The molecule has 1 heterocycles. The van der Waals surface area contributed by atoms with Gasteiger partial charge in [0.05, 0.1) is 35.1 Å². The van der Waals surface area contributed by atoms with Gasteiger partial charge in [0, 0.05) is 24.5 Å². The van der Waals surface area contributed by atoms with Crippen molar-refractivity contribution in [2.45, 2.75) is 39.9 Å². The zero-order valence-corrected chi connectivity index (χ0v) is 22.9. The van der Waals surface area contributed by atoms with Gasteiger partial charge >= 0.3 is 12.1 Å². The highest BCUT2D eigenvalue weighted by Gasteiger charge is 2.37. The smallest absolute Gasteiger partial charge is 0.416 e. The molecule has 11 heteroatoms. The lowest BCUT2D eigenvalue weighted by Gasteiger charge is -2.35. The lowest BCUT2D eigenvalue weighted by atomic mass is 9.95. The molecular weight excluding hydrogens is 529 g/mol. The van der Waals surface area contributed by atoms with E-state index in [0.29, 0.717) is 29.9 Å². The molecule has 1 atom stereocenters. The number of aliphatic imine (C=N–C) groups is 1. The van der Waals surface area contributed by atoms with Crippen LogP contribution >= 0.6 is 11.8 Å². The van der Waals surface area contributed by atoms with E-state index < -0.39 is 23.8 Å². The second-order valence-electron chi connectivity index (χ2n) is 8.51. The van der Waals surface area contributed by atoms with Crippen LogP contribution in [0.3, 0.4) is 0 Å². The number of hydrogen-bond donors (Lipinski definition) is 0. The maximum Gasteiger partial charge on any atom is 0.416 e. The minimum atomic E-state index is -4.58. The van der Waals surface area contributed by atoms with Crippen LogP contribution in [0.15, 0.2) is 64.8 Å². The van der Waals surface area contributed by atoms with Crippen LogP contribution in [-0.2, 0) is 20.5 Å². The minimum Gasteiger partial charge on any atom is -0.463 e. The molecule has 1 aliphatic heterocycles. The second kappa shape index (κ2) is 12.8. The van der Waals surface area contributed by atoms with Gasteiger partial charge in [0.25, 0.3) is 0 Å². The average Bonchev–Trinajstić information content (AvgIpc) is 2.92. The molecule has 3 rings (SSSR count). The zero-order chi connectivity index (χ0) is 28.7. The van der Waals surface area contributed by atoms with E-state index in [1.807, 2.05) is 19.9 Å². The molecule has 1 aliphatic rings. The summed E-state index contributed by atoms with van der Waals surface area (Å²) < 4.78 is 46.1. The predicted octanol–water partition coefficient (Wildman–Crippen LogP) is 5.93. The number of amidine groups is 1. The first-order valence-corrected chi connectivity index (χ1v) is 13.4. The van der Waals surface area contributed by atoms with Crippen molar-refractivity contribution in [1.82, 2.24) is 4.90 Å². The van der Waals surface area contributed by atoms with Gasteiger partial charge in [0.1, 0.15) is 6.04 Å². The standard InChI is InChI=1S/C28H29F3N4O3S/c1-5-34(6-2)23(36)17-39-27-33-25(20-13-11-19(16-32)12-14-20)24(26(37)38-7-3)18(4)35(27)22-10-8-9-21(15-22)28(29,30)31/h8-15,25H,5-7,17H2,1-4H3. The number of hydrogen-bond acceptors (Lipinski definition) is 7. The Morgan fingerprint density at radius 3 is 2.36 bits per heavy atom. The molecule has 39 heavy (non-hydrogen) atoms. The van der Waals surface area contributed by atoms with Gasteiger partial charge in [-0.2, -0.15) is 18.4 Å². The number of benzene rings is 2. The second-order valence-corrected chi connectivity index (χ2v) is 9.45. The van der Waals surface area contributed by atoms with Crippen LogP contribution in [0.5, 0.6) is 0 Å². The average molecular weight is 559 g/mol. The summed E-state index contributed by atoms with van der Waals surface area (Å²) in [5, 5.41) is 9.45. The molecular formula is C28H29F3N4O3S. The van der Waals surface area contributed by atoms with Crippen LogP contribution in [0.1, 0.15) is 50.4 Å². The first-order chi connectivity index (χ1) is 18.5. The molecule has 0 saturated carbocycles. The van der Waals surface area contributed by atoms with E-state index >= 15 is 0 Å². The molecule has 0 saturated heterocycles. The van der Waals surface area contributed by atoms with Crippen LogP contribution in [0.4, 0.5) is 18.9 Å². The number of carbonyl (C=O) groups excluding carboxylic acids is 2. The van der Waals surface area contributed by atoms with Crippen LogP contribution < -0.4 is 4.90 Å². The van der Waals surface area contributed by atoms with E-state index in [0.717, 1.165) is 23.9 Å². The summed E-state index contributed by atoms with van der Waals surface area (Å²) in [5.74, 6) is -0.810. The van der Waals surface area contributed by atoms with E-state index in [9.17, 15) is 28.0 Å². The van der Waals surface area contributed by atoms with Crippen molar-refractivity contribution in [2.24, 2.45) is 4.99 Å². The summed E-state index contributed by atoms with van der Waals surface area (Å²) in [6, 6.07) is 12.4. The lowest BCUT2D eigenvalue weighted by molar-refractivity contribution is -0.139. The van der Waals surface area contributed by atoms with Gasteiger partial charge in [-0.15, -0.1) is 0 Å². The fourth-order valence-corrected chi connectivity index (χ4v) is 5.15. The van der Waals surface area contributed by atoms with Gasteiger partial charge in [-0.1, -0.05) is 30.0 Å². The van der Waals surface area contributed by atoms with Crippen molar-refractivity contribution in [3.8, 4) is 6.07 Å². The lowest BCUT2D eigenvalue weighted by Crippen LogP contribution is -2.37. The highest BCUT2D eigenvalue weighted by atomic mass is 32.2. The zero-order valence-electron chi connectivity index (χ0n) is 22.1. The summed E-state index contributed by atoms with van der Waals surface area (Å²) in [5.41, 5.74) is 0.774. The van der Waals surface area contributed by atoms with Crippen LogP contribution in [0, 0.1) is 11.3 Å². The molecule has 0 spiro atoms. The van der Waals surface area contributed by atoms with Gasteiger partial charge in [-0.25, -0.2) is 9.79 Å². The van der Waals surface area contributed by atoms with Crippen molar-refractivity contribution >= 4 is 34.5 Å². The summed E-state index contributed by atoms with van der Waals surface area (Å²) in [6.07, 6.45) is -4.58. The summed E-state index contributed by atoms with van der Waals surface area (Å²) in [6.45, 7) is 8.10. The third kappa shape index (κ3) is 6.81. The number of thioether (sulfide) groups is 1. The molecule has 0 radical (unpaired) electrons. The Labute approximate surface area is 229 Å². The number of rotatable bonds is 8. The van der Waals surface area contributed by atoms with Crippen LogP contribution in [0.25, 0.3) is 0 Å². The largest absolute Gasteiger partial charge is 0.463 e. The number of alkyl halides is 3. The molecule has 1 amide bonds. The van der Waals surface area contributed by atoms with E-state index in [2.05, 4.69) is 0 Å². The molecule has 206 valence electrons. The van der Waals surface area contributed by atoms with Crippen molar-refractivity contribution in [3.05, 3.63) is 76.5 Å². The van der Waals surface area contributed by atoms with Gasteiger partial charge in [-0.3, -0.25) is 9.69 Å². The summed E-state index contributed by atoms with van der Waals surface area (Å²) >= 11 is 1.08. The summed E-state index contributed by atoms with van der Waals surface area (Å²) in [4.78, 5) is 33.9. The number of halogens is 3. The third-order valence-corrected chi connectivity index (χ3v) is 7.09. The van der Waals surface area contributed by atoms with Gasteiger partial charge in [0.2, 0.25) is 5.91 Å². The molecule has 0 N–H and O–H groups in total. The van der Waals surface area contributed by atoms with Gasteiger partial charge in [-0.05, 0) is 63.6 Å². The molecule has 0 fully saturated rings. The molecule has 0 bridgehead atoms. The summed E-state index contributed by atoms with van der Waals surface area (Å²) in [7, 11) is 0. The molecule has 2 aromatic carbocycles. The van der Waals surface area contributed by atoms with Crippen molar-refractivity contribution < 1.29 is 27.5 Å². The Morgan fingerprint density at radius 1 is 1.13 bits per heavy atom. The van der Waals surface area contributed by atoms with Crippen molar-refractivity contribution in [2.75, 3.05) is 30.3 Å².